The standard InChI is InChI=1S/C14H20N2O4S/c1-20-14(17)11-5-4-7-13(9-11)21(18,19)16-12-6-2-3-8-15-10-12/h4-5,7,9,12,15-16H,2-3,6,8,10H2,1H3. The zero-order valence-corrected chi connectivity index (χ0v) is 12.8. The van der Waals surface area contributed by atoms with Gasteiger partial charge in [0.2, 0.25) is 10.0 Å². The molecule has 116 valence electrons. The number of ether oxygens (including phenoxy) is 1. The third kappa shape index (κ3) is 4.26. The minimum Gasteiger partial charge on any atom is -0.465 e. The van der Waals surface area contributed by atoms with Gasteiger partial charge in [-0.3, -0.25) is 0 Å². The summed E-state index contributed by atoms with van der Waals surface area (Å²) in [5, 5.41) is 3.21. The van der Waals surface area contributed by atoms with Gasteiger partial charge in [-0.25, -0.2) is 17.9 Å². The maximum atomic E-state index is 12.4. The quantitative estimate of drug-likeness (QED) is 0.807. The second-order valence-electron chi connectivity index (χ2n) is 5.04. The van der Waals surface area contributed by atoms with Crippen molar-refractivity contribution in [3.63, 3.8) is 0 Å². The van der Waals surface area contributed by atoms with E-state index in [-0.39, 0.29) is 16.5 Å². The molecule has 0 aromatic heterocycles. The predicted molar refractivity (Wildman–Crippen MR) is 78.6 cm³/mol. The third-order valence-electron chi connectivity index (χ3n) is 3.43. The maximum Gasteiger partial charge on any atom is 0.337 e. The number of methoxy groups -OCH3 is 1. The monoisotopic (exact) mass is 312 g/mol. The largest absolute Gasteiger partial charge is 0.465 e. The van der Waals surface area contributed by atoms with Gasteiger partial charge in [0.05, 0.1) is 17.6 Å². The molecule has 2 N–H and O–H groups in total. The Morgan fingerprint density at radius 3 is 2.95 bits per heavy atom. The Kier molecular flexibility index (Phi) is 5.33. The van der Waals surface area contributed by atoms with Crippen LogP contribution in [0.1, 0.15) is 29.6 Å². The number of hydrogen-bond acceptors (Lipinski definition) is 5. The van der Waals surface area contributed by atoms with E-state index >= 15 is 0 Å². The summed E-state index contributed by atoms with van der Waals surface area (Å²) in [6.45, 7) is 1.53. The first-order chi connectivity index (χ1) is 10.0. The van der Waals surface area contributed by atoms with E-state index in [9.17, 15) is 13.2 Å². The molecule has 6 nitrogen and oxygen atoms in total. The second-order valence-corrected chi connectivity index (χ2v) is 6.75. The van der Waals surface area contributed by atoms with Crippen LogP contribution in [0.3, 0.4) is 0 Å². The number of rotatable bonds is 4. The summed E-state index contributed by atoms with van der Waals surface area (Å²) in [4.78, 5) is 11.6. The summed E-state index contributed by atoms with van der Waals surface area (Å²) in [5.41, 5.74) is 0.222. The lowest BCUT2D eigenvalue weighted by atomic mass is 10.2. The summed E-state index contributed by atoms with van der Waals surface area (Å²) in [6.07, 6.45) is 2.85. The van der Waals surface area contributed by atoms with E-state index in [1.165, 1.54) is 31.4 Å². The highest BCUT2D eigenvalue weighted by atomic mass is 32.2. The average Bonchev–Trinajstić information content (AvgIpc) is 2.74. The fraction of sp³-hybridized carbons (Fsp3) is 0.500. The van der Waals surface area contributed by atoms with Crippen LogP contribution < -0.4 is 10.0 Å². The summed E-state index contributed by atoms with van der Waals surface area (Å²) >= 11 is 0. The molecule has 0 bridgehead atoms. The number of carbonyl (C=O) groups is 1. The summed E-state index contributed by atoms with van der Waals surface area (Å²) in [7, 11) is -2.38. The van der Waals surface area contributed by atoms with Gasteiger partial charge < -0.3 is 10.1 Å². The molecule has 2 rings (SSSR count). The molecule has 1 saturated heterocycles. The molecule has 1 aliphatic rings. The molecule has 0 aliphatic carbocycles. The minimum absolute atomic E-state index is 0.0784. The molecule has 1 aromatic rings. The number of benzene rings is 1. The van der Waals surface area contributed by atoms with Crippen molar-refractivity contribution in [1.29, 1.82) is 0 Å². The average molecular weight is 312 g/mol. The van der Waals surface area contributed by atoms with Crippen molar-refractivity contribution in [2.75, 3.05) is 20.2 Å². The summed E-state index contributed by atoms with van der Waals surface area (Å²) < 4.78 is 32.1. The smallest absolute Gasteiger partial charge is 0.337 e. The Bertz CT molecular complexity index is 593. The Balaban J connectivity index is 2.16. The lowest BCUT2D eigenvalue weighted by Crippen LogP contribution is -2.40. The van der Waals surface area contributed by atoms with Gasteiger partial charge in [-0.1, -0.05) is 12.5 Å². The van der Waals surface area contributed by atoms with Crippen LogP contribution in [0.25, 0.3) is 0 Å². The molecule has 0 amide bonds. The molecule has 1 atom stereocenters. The summed E-state index contributed by atoms with van der Waals surface area (Å²) in [5.74, 6) is -0.553. The number of nitrogens with one attached hydrogen (secondary N) is 2. The van der Waals surface area contributed by atoms with Crippen LogP contribution in [-0.4, -0.2) is 40.6 Å². The van der Waals surface area contributed by atoms with Crippen molar-refractivity contribution in [2.24, 2.45) is 0 Å². The third-order valence-corrected chi connectivity index (χ3v) is 4.95. The van der Waals surface area contributed by atoms with Gasteiger partial charge in [0.1, 0.15) is 0 Å². The SMILES string of the molecule is COC(=O)c1cccc(S(=O)(=O)NC2CCCCNC2)c1. The molecule has 1 unspecified atom stereocenters. The molecule has 1 fully saturated rings. The molecule has 1 aliphatic heterocycles. The van der Waals surface area contributed by atoms with Crippen LogP contribution in [0.4, 0.5) is 0 Å². The van der Waals surface area contributed by atoms with E-state index in [4.69, 9.17) is 0 Å². The first-order valence-corrected chi connectivity index (χ1v) is 8.42. The molecule has 1 aromatic carbocycles. The molecule has 0 spiro atoms. The number of sulfonamides is 1. The summed E-state index contributed by atoms with van der Waals surface area (Å²) in [6, 6.07) is 5.74. The number of hydrogen-bond donors (Lipinski definition) is 2. The highest BCUT2D eigenvalue weighted by Crippen LogP contribution is 2.14. The Hall–Kier alpha value is -1.44. The first-order valence-electron chi connectivity index (χ1n) is 6.94. The van der Waals surface area contributed by atoms with Gasteiger partial charge in [-0.15, -0.1) is 0 Å². The number of esters is 1. The lowest BCUT2D eigenvalue weighted by molar-refractivity contribution is 0.0600. The number of carbonyl (C=O) groups excluding carboxylic acids is 1. The van der Waals surface area contributed by atoms with E-state index in [1.54, 1.807) is 0 Å². The van der Waals surface area contributed by atoms with Crippen molar-refractivity contribution in [3.05, 3.63) is 29.8 Å². The van der Waals surface area contributed by atoms with Gasteiger partial charge in [0, 0.05) is 12.6 Å². The minimum atomic E-state index is -3.64. The maximum absolute atomic E-state index is 12.4. The van der Waals surface area contributed by atoms with Crippen LogP contribution in [0.5, 0.6) is 0 Å². The van der Waals surface area contributed by atoms with Gasteiger partial charge in [0.25, 0.3) is 0 Å². The van der Waals surface area contributed by atoms with E-state index in [1.807, 2.05) is 0 Å². The van der Waals surface area contributed by atoms with Crippen LogP contribution in [0.2, 0.25) is 0 Å². The molecule has 7 heteroatoms. The highest BCUT2D eigenvalue weighted by Gasteiger charge is 2.22. The van der Waals surface area contributed by atoms with E-state index < -0.39 is 16.0 Å². The Labute approximate surface area is 124 Å². The van der Waals surface area contributed by atoms with Gasteiger partial charge >= 0.3 is 5.97 Å². The van der Waals surface area contributed by atoms with Crippen molar-refractivity contribution in [1.82, 2.24) is 10.0 Å². The lowest BCUT2D eigenvalue weighted by Gasteiger charge is -2.16. The normalized spacial score (nSPS) is 19.8. The molecule has 1 heterocycles. The molecule has 21 heavy (non-hydrogen) atoms. The van der Waals surface area contributed by atoms with Gasteiger partial charge in [-0.05, 0) is 37.6 Å². The van der Waals surface area contributed by atoms with Crippen molar-refractivity contribution < 1.29 is 17.9 Å². The first kappa shape index (κ1) is 15.9. The predicted octanol–water partition coefficient (Wildman–Crippen LogP) is 0.894. The molecule has 0 radical (unpaired) electrons. The Morgan fingerprint density at radius 2 is 2.19 bits per heavy atom. The van der Waals surface area contributed by atoms with E-state index in [0.29, 0.717) is 6.54 Å². The van der Waals surface area contributed by atoms with Crippen molar-refractivity contribution >= 4 is 16.0 Å². The fourth-order valence-electron chi connectivity index (χ4n) is 2.32. The van der Waals surface area contributed by atoms with Crippen LogP contribution in [0, 0.1) is 0 Å². The zero-order chi connectivity index (χ0) is 15.3. The van der Waals surface area contributed by atoms with Crippen LogP contribution >= 0.6 is 0 Å². The second kappa shape index (κ2) is 7.02. The molecule has 0 saturated carbocycles. The van der Waals surface area contributed by atoms with E-state index in [2.05, 4.69) is 14.8 Å². The van der Waals surface area contributed by atoms with Crippen molar-refractivity contribution in [2.45, 2.75) is 30.2 Å². The highest BCUT2D eigenvalue weighted by molar-refractivity contribution is 7.89. The zero-order valence-electron chi connectivity index (χ0n) is 12.0. The molecular weight excluding hydrogens is 292 g/mol. The van der Waals surface area contributed by atoms with E-state index in [0.717, 1.165) is 25.8 Å². The Morgan fingerprint density at radius 1 is 1.38 bits per heavy atom. The molecular formula is C14H20N2O4S. The topological polar surface area (TPSA) is 84.5 Å². The van der Waals surface area contributed by atoms with Gasteiger partial charge in [0.15, 0.2) is 0 Å². The van der Waals surface area contributed by atoms with Crippen LogP contribution in [-0.2, 0) is 14.8 Å². The van der Waals surface area contributed by atoms with Gasteiger partial charge in [-0.2, -0.15) is 0 Å². The fourth-order valence-corrected chi connectivity index (χ4v) is 3.63. The van der Waals surface area contributed by atoms with Crippen molar-refractivity contribution in [3.8, 4) is 0 Å². The van der Waals surface area contributed by atoms with Crippen LogP contribution in [0.15, 0.2) is 29.2 Å².